The van der Waals surface area contributed by atoms with Crippen LogP contribution >= 0.6 is 0 Å². The van der Waals surface area contributed by atoms with Gasteiger partial charge in [0.1, 0.15) is 6.29 Å². The van der Waals surface area contributed by atoms with Crippen molar-refractivity contribution in [2.75, 3.05) is 0 Å². The minimum Gasteiger partial charge on any atom is -0.298 e. The van der Waals surface area contributed by atoms with E-state index in [-0.39, 0.29) is 0 Å². The third-order valence-corrected chi connectivity index (χ3v) is 2.39. The summed E-state index contributed by atoms with van der Waals surface area (Å²) >= 11 is 0. The lowest BCUT2D eigenvalue weighted by atomic mass is 10.0. The molecule has 0 atom stereocenters. The fraction of sp³-hybridized carbons (Fsp3) is 0.400. The average molecular weight is 218 g/mol. The first-order valence-corrected chi connectivity index (χ1v) is 5.66. The maximum Gasteiger partial charge on any atom is 0.145 e. The first-order chi connectivity index (χ1) is 7.51. The topological polar surface area (TPSA) is 17.1 Å². The third kappa shape index (κ3) is 6.18. The van der Waals surface area contributed by atoms with Gasteiger partial charge in [-0.1, -0.05) is 49.8 Å². The number of rotatable bonds is 2. The van der Waals surface area contributed by atoms with E-state index in [4.69, 9.17) is 0 Å². The average Bonchev–Trinajstić information content (AvgIpc) is 2.29. The summed E-state index contributed by atoms with van der Waals surface area (Å²) in [6.45, 7) is 10.1. The molecule has 0 unspecified atom stereocenters. The normalized spacial score (nSPS) is 10.8. The molecule has 1 aromatic rings. The molecular formula is C15H22O. The minimum absolute atomic E-state index is 0.653. The van der Waals surface area contributed by atoms with Crippen molar-refractivity contribution in [1.82, 2.24) is 0 Å². The van der Waals surface area contributed by atoms with Crippen molar-refractivity contribution in [3.05, 3.63) is 47.0 Å². The van der Waals surface area contributed by atoms with Crippen molar-refractivity contribution in [1.29, 1.82) is 0 Å². The number of benzene rings is 1. The standard InChI is InChI=1S/C10H14.C5H8O/c1-8(2)10-6-4-9(3)5-7-10;1-3-5(2)4-6/h4-8H,1-3H3;3-4H,1-2H3/b;5-3+. The maximum atomic E-state index is 9.67. The van der Waals surface area contributed by atoms with Gasteiger partial charge in [0.2, 0.25) is 0 Å². The van der Waals surface area contributed by atoms with E-state index in [0.717, 1.165) is 11.9 Å². The van der Waals surface area contributed by atoms with Crippen LogP contribution in [0.1, 0.15) is 44.7 Å². The van der Waals surface area contributed by atoms with E-state index >= 15 is 0 Å². The molecule has 1 aromatic carbocycles. The lowest BCUT2D eigenvalue weighted by Crippen LogP contribution is -1.85. The van der Waals surface area contributed by atoms with E-state index in [2.05, 4.69) is 45.0 Å². The predicted molar refractivity (Wildman–Crippen MR) is 70.8 cm³/mol. The molecule has 16 heavy (non-hydrogen) atoms. The summed E-state index contributed by atoms with van der Waals surface area (Å²) in [6, 6.07) is 8.71. The number of carbonyl (C=O) groups excluding carboxylic acids is 1. The monoisotopic (exact) mass is 218 g/mol. The summed E-state index contributed by atoms with van der Waals surface area (Å²) in [7, 11) is 0. The highest BCUT2D eigenvalue weighted by atomic mass is 16.1. The molecule has 88 valence electrons. The molecule has 0 heterocycles. The first-order valence-electron chi connectivity index (χ1n) is 5.66. The van der Waals surface area contributed by atoms with Crippen molar-refractivity contribution >= 4 is 6.29 Å². The van der Waals surface area contributed by atoms with Gasteiger partial charge in [-0.15, -0.1) is 0 Å². The molecule has 0 N–H and O–H groups in total. The van der Waals surface area contributed by atoms with Gasteiger partial charge in [0.05, 0.1) is 0 Å². The fourth-order valence-corrected chi connectivity index (χ4v) is 1.02. The van der Waals surface area contributed by atoms with Gasteiger partial charge in [-0.2, -0.15) is 0 Å². The van der Waals surface area contributed by atoms with Crippen molar-refractivity contribution in [3.8, 4) is 0 Å². The second-order valence-electron chi connectivity index (χ2n) is 4.22. The van der Waals surface area contributed by atoms with Gasteiger partial charge in [-0.05, 0) is 37.8 Å². The summed E-state index contributed by atoms with van der Waals surface area (Å²) in [5.74, 6) is 0.653. The van der Waals surface area contributed by atoms with Crippen LogP contribution in [0.5, 0.6) is 0 Å². The van der Waals surface area contributed by atoms with Gasteiger partial charge < -0.3 is 0 Å². The lowest BCUT2D eigenvalue weighted by Gasteiger charge is -2.03. The molecule has 1 rings (SSSR count). The van der Waals surface area contributed by atoms with Crippen molar-refractivity contribution in [2.45, 2.75) is 40.5 Å². The van der Waals surface area contributed by atoms with Gasteiger partial charge in [0.15, 0.2) is 0 Å². The highest BCUT2D eigenvalue weighted by Gasteiger charge is 1.95. The van der Waals surface area contributed by atoms with Crippen molar-refractivity contribution < 1.29 is 4.79 Å². The second kappa shape index (κ2) is 7.86. The molecule has 0 amide bonds. The number of hydrogen-bond acceptors (Lipinski definition) is 1. The Morgan fingerprint density at radius 2 is 1.69 bits per heavy atom. The van der Waals surface area contributed by atoms with Gasteiger partial charge >= 0.3 is 0 Å². The molecule has 0 saturated carbocycles. The van der Waals surface area contributed by atoms with E-state index in [9.17, 15) is 4.79 Å². The van der Waals surface area contributed by atoms with E-state index in [1.54, 1.807) is 13.0 Å². The predicted octanol–water partition coefficient (Wildman–Crippen LogP) is 4.27. The van der Waals surface area contributed by atoms with Gasteiger partial charge in [-0.25, -0.2) is 0 Å². The van der Waals surface area contributed by atoms with Crippen molar-refractivity contribution in [3.63, 3.8) is 0 Å². The Morgan fingerprint density at radius 1 is 1.19 bits per heavy atom. The van der Waals surface area contributed by atoms with Crippen LogP contribution < -0.4 is 0 Å². The van der Waals surface area contributed by atoms with Crippen LogP contribution in [-0.4, -0.2) is 6.29 Å². The molecule has 0 aromatic heterocycles. The summed E-state index contributed by atoms with van der Waals surface area (Å²) in [5, 5.41) is 0. The molecule has 0 saturated heterocycles. The summed E-state index contributed by atoms with van der Waals surface area (Å²) in [5.41, 5.74) is 3.55. The largest absolute Gasteiger partial charge is 0.298 e. The maximum absolute atomic E-state index is 9.67. The summed E-state index contributed by atoms with van der Waals surface area (Å²) in [4.78, 5) is 9.67. The Bertz CT molecular complexity index is 331. The third-order valence-electron chi connectivity index (χ3n) is 2.39. The van der Waals surface area contributed by atoms with Crippen LogP contribution in [-0.2, 0) is 4.79 Å². The highest BCUT2D eigenvalue weighted by molar-refractivity contribution is 5.71. The Kier molecular flexibility index (Phi) is 7.19. The van der Waals surface area contributed by atoms with Crippen LogP contribution in [0.2, 0.25) is 0 Å². The number of allylic oxidation sites excluding steroid dienone is 2. The van der Waals surface area contributed by atoms with Crippen LogP contribution in [0.25, 0.3) is 0 Å². The van der Waals surface area contributed by atoms with Crippen LogP contribution in [0, 0.1) is 6.92 Å². The smallest absolute Gasteiger partial charge is 0.145 e. The second-order valence-corrected chi connectivity index (χ2v) is 4.22. The zero-order valence-corrected chi connectivity index (χ0v) is 10.9. The molecular weight excluding hydrogens is 196 g/mol. The molecule has 0 aliphatic rings. The van der Waals surface area contributed by atoms with Gasteiger partial charge in [-0.3, -0.25) is 4.79 Å². The van der Waals surface area contributed by atoms with E-state index in [1.807, 2.05) is 6.92 Å². The van der Waals surface area contributed by atoms with E-state index in [0.29, 0.717) is 5.92 Å². The molecule has 0 spiro atoms. The van der Waals surface area contributed by atoms with Crippen LogP contribution in [0.4, 0.5) is 0 Å². The highest BCUT2D eigenvalue weighted by Crippen LogP contribution is 2.13. The number of aldehydes is 1. The zero-order valence-electron chi connectivity index (χ0n) is 10.9. The Labute approximate surface area is 99.2 Å². The van der Waals surface area contributed by atoms with Crippen molar-refractivity contribution in [2.24, 2.45) is 0 Å². The minimum atomic E-state index is 0.653. The Hall–Kier alpha value is -1.37. The zero-order chi connectivity index (χ0) is 12.6. The number of hydrogen-bond donors (Lipinski definition) is 0. The van der Waals surface area contributed by atoms with E-state index < -0.39 is 0 Å². The molecule has 0 aliphatic carbocycles. The van der Waals surface area contributed by atoms with E-state index in [1.165, 1.54) is 11.1 Å². The lowest BCUT2D eigenvalue weighted by molar-refractivity contribution is -0.104. The molecule has 1 nitrogen and oxygen atoms in total. The quantitative estimate of drug-likeness (QED) is 0.535. The molecule has 0 radical (unpaired) electrons. The molecule has 0 aliphatic heterocycles. The molecule has 1 heteroatoms. The SMILES string of the molecule is C/C=C(\C)C=O.Cc1ccc(C(C)C)cc1. The van der Waals surface area contributed by atoms with Crippen LogP contribution in [0.15, 0.2) is 35.9 Å². The molecule has 0 bridgehead atoms. The number of aryl methyl sites for hydroxylation is 1. The first kappa shape index (κ1) is 14.6. The summed E-state index contributed by atoms with van der Waals surface area (Å²) in [6.07, 6.45) is 2.60. The Balaban J connectivity index is 0.000000325. The van der Waals surface area contributed by atoms with Gasteiger partial charge in [0.25, 0.3) is 0 Å². The van der Waals surface area contributed by atoms with Gasteiger partial charge in [0, 0.05) is 0 Å². The number of carbonyl (C=O) groups is 1. The summed E-state index contributed by atoms with van der Waals surface area (Å²) < 4.78 is 0. The fourth-order valence-electron chi connectivity index (χ4n) is 1.02. The van der Waals surface area contributed by atoms with Crippen LogP contribution in [0.3, 0.4) is 0 Å². The molecule has 0 fully saturated rings. The Morgan fingerprint density at radius 3 is 1.94 bits per heavy atom.